The largest absolute Gasteiger partial charge is 0.373 e. The van der Waals surface area contributed by atoms with Crippen LogP contribution in [-0.4, -0.2) is 11.7 Å². The Balaban J connectivity index is 2.40. The van der Waals surface area contributed by atoms with E-state index in [-0.39, 0.29) is 5.60 Å². The average molecular weight is 240 g/mol. The Morgan fingerprint density at radius 1 is 1.06 bits per heavy atom. The molecule has 1 aliphatic carbocycles. The van der Waals surface area contributed by atoms with E-state index in [0.717, 1.165) is 17.8 Å². The maximum atomic E-state index is 6.10. The maximum Gasteiger partial charge on any atom is 0.0602 e. The van der Waals surface area contributed by atoms with Gasteiger partial charge in [0.25, 0.3) is 0 Å². The van der Waals surface area contributed by atoms with Gasteiger partial charge in [-0.05, 0) is 64.2 Å². The van der Waals surface area contributed by atoms with E-state index in [9.17, 15) is 0 Å². The molecule has 1 aliphatic rings. The van der Waals surface area contributed by atoms with Gasteiger partial charge in [-0.15, -0.1) is 0 Å². The van der Waals surface area contributed by atoms with Crippen LogP contribution in [0.15, 0.2) is 0 Å². The van der Waals surface area contributed by atoms with Crippen molar-refractivity contribution >= 4 is 0 Å². The normalized spacial score (nSPS) is 28.4. The zero-order valence-corrected chi connectivity index (χ0v) is 12.8. The Kier molecular flexibility index (Phi) is 5.50. The topological polar surface area (TPSA) is 9.23 Å². The lowest BCUT2D eigenvalue weighted by Gasteiger charge is -2.37. The third-order valence-electron chi connectivity index (χ3n) is 4.17. The summed E-state index contributed by atoms with van der Waals surface area (Å²) in [6.07, 6.45) is 7.13. The monoisotopic (exact) mass is 240 g/mol. The Labute approximate surface area is 108 Å². The molecule has 0 aromatic carbocycles. The molecule has 1 nitrogen and oxygen atoms in total. The fraction of sp³-hybridized carbons (Fsp3) is 1.00. The molecule has 1 rings (SSSR count). The summed E-state index contributed by atoms with van der Waals surface area (Å²) in [5, 5.41) is 0. The molecule has 0 radical (unpaired) electrons. The van der Waals surface area contributed by atoms with Crippen LogP contribution in [0, 0.1) is 17.8 Å². The molecule has 1 unspecified atom stereocenters. The number of hydrogen-bond donors (Lipinski definition) is 0. The van der Waals surface area contributed by atoms with E-state index >= 15 is 0 Å². The van der Waals surface area contributed by atoms with Crippen LogP contribution in [0.4, 0.5) is 0 Å². The molecular weight excluding hydrogens is 208 g/mol. The van der Waals surface area contributed by atoms with Crippen molar-refractivity contribution in [3.8, 4) is 0 Å². The van der Waals surface area contributed by atoms with E-state index in [0.29, 0.717) is 6.10 Å². The number of rotatable bonds is 4. The van der Waals surface area contributed by atoms with Crippen molar-refractivity contribution in [3.05, 3.63) is 0 Å². The Morgan fingerprint density at radius 3 is 1.94 bits per heavy atom. The molecule has 0 N–H and O–H groups in total. The van der Waals surface area contributed by atoms with Crippen LogP contribution in [0.2, 0.25) is 0 Å². The average Bonchev–Trinajstić information content (AvgIpc) is 2.18. The highest BCUT2D eigenvalue weighted by Crippen LogP contribution is 2.37. The van der Waals surface area contributed by atoms with Gasteiger partial charge in [0.15, 0.2) is 0 Å². The summed E-state index contributed by atoms with van der Waals surface area (Å²) in [4.78, 5) is 0. The van der Waals surface area contributed by atoms with E-state index in [1.807, 2.05) is 0 Å². The second-order valence-electron chi connectivity index (χ2n) is 7.08. The Bertz CT molecular complexity index is 206. The summed E-state index contributed by atoms with van der Waals surface area (Å²) < 4.78 is 6.10. The van der Waals surface area contributed by atoms with Gasteiger partial charge in [-0.2, -0.15) is 0 Å². The minimum atomic E-state index is 0.0275. The van der Waals surface area contributed by atoms with Crippen LogP contribution in [0.25, 0.3) is 0 Å². The van der Waals surface area contributed by atoms with Crippen molar-refractivity contribution in [2.75, 3.05) is 0 Å². The highest BCUT2D eigenvalue weighted by atomic mass is 16.5. The van der Waals surface area contributed by atoms with Crippen molar-refractivity contribution in [3.63, 3.8) is 0 Å². The SMILES string of the molecule is CCC(C(C)C)C1CCC(OC(C)(C)C)CC1. The minimum Gasteiger partial charge on any atom is -0.373 e. The van der Waals surface area contributed by atoms with Crippen molar-refractivity contribution in [1.29, 1.82) is 0 Å². The standard InChI is InChI=1S/C16H32O/c1-7-15(12(2)3)13-8-10-14(11-9-13)17-16(4,5)6/h12-15H,7-11H2,1-6H3. The first-order valence-corrected chi connectivity index (χ1v) is 7.51. The van der Waals surface area contributed by atoms with Gasteiger partial charge in [-0.3, -0.25) is 0 Å². The van der Waals surface area contributed by atoms with Crippen LogP contribution in [0.3, 0.4) is 0 Å². The lowest BCUT2D eigenvalue weighted by molar-refractivity contribution is -0.0821. The van der Waals surface area contributed by atoms with Gasteiger partial charge >= 0.3 is 0 Å². The zero-order chi connectivity index (χ0) is 13.1. The third-order valence-corrected chi connectivity index (χ3v) is 4.17. The quantitative estimate of drug-likeness (QED) is 0.668. The highest BCUT2D eigenvalue weighted by Gasteiger charge is 2.30. The molecule has 0 spiro atoms. The lowest BCUT2D eigenvalue weighted by Crippen LogP contribution is -2.33. The van der Waals surface area contributed by atoms with Gasteiger partial charge in [0, 0.05) is 0 Å². The van der Waals surface area contributed by atoms with Crippen LogP contribution in [-0.2, 0) is 4.74 Å². The molecule has 0 aromatic rings. The molecule has 1 fully saturated rings. The second-order valence-corrected chi connectivity index (χ2v) is 7.08. The molecule has 0 amide bonds. The van der Waals surface area contributed by atoms with Crippen molar-refractivity contribution < 1.29 is 4.74 Å². The summed E-state index contributed by atoms with van der Waals surface area (Å²) in [5.41, 5.74) is 0.0275. The van der Waals surface area contributed by atoms with Gasteiger partial charge in [0.2, 0.25) is 0 Å². The van der Waals surface area contributed by atoms with E-state index in [1.54, 1.807) is 0 Å². The highest BCUT2D eigenvalue weighted by molar-refractivity contribution is 4.80. The van der Waals surface area contributed by atoms with Crippen LogP contribution < -0.4 is 0 Å². The fourth-order valence-electron chi connectivity index (χ4n) is 3.48. The summed E-state index contributed by atoms with van der Waals surface area (Å²) in [7, 11) is 0. The Hall–Kier alpha value is -0.0400. The molecule has 0 bridgehead atoms. The molecule has 0 aliphatic heterocycles. The Morgan fingerprint density at radius 2 is 1.59 bits per heavy atom. The van der Waals surface area contributed by atoms with Gasteiger partial charge in [0.1, 0.15) is 0 Å². The van der Waals surface area contributed by atoms with E-state index in [1.165, 1.54) is 32.1 Å². The van der Waals surface area contributed by atoms with Crippen LogP contribution in [0.5, 0.6) is 0 Å². The lowest BCUT2D eigenvalue weighted by atomic mass is 9.73. The molecule has 0 heterocycles. The summed E-state index contributed by atoms with van der Waals surface area (Å²) in [6.45, 7) is 13.6. The fourth-order valence-corrected chi connectivity index (χ4v) is 3.48. The zero-order valence-electron chi connectivity index (χ0n) is 12.8. The van der Waals surface area contributed by atoms with Gasteiger partial charge in [-0.1, -0.05) is 27.2 Å². The molecule has 102 valence electrons. The van der Waals surface area contributed by atoms with E-state index < -0.39 is 0 Å². The van der Waals surface area contributed by atoms with Crippen LogP contribution >= 0.6 is 0 Å². The van der Waals surface area contributed by atoms with E-state index in [2.05, 4.69) is 41.5 Å². The van der Waals surface area contributed by atoms with Crippen molar-refractivity contribution in [2.24, 2.45) is 17.8 Å². The predicted molar refractivity (Wildman–Crippen MR) is 75.2 cm³/mol. The summed E-state index contributed by atoms with van der Waals surface area (Å²) >= 11 is 0. The molecule has 1 saturated carbocycles. The first-order chi connectivity index (χ1) is 7.83. The summed E-state index contributed by atoms with van der Waals surface area (Å²) in [5.74, 6) is 2.70. The number of hydrogen-bond acceptors (Lipinski definition) is 1. The maximum absolute atomic E-state index is 6.10. The molecule has 17 heavy (non-hydrogen) atoms. The second kappa shape index (κ2) is 6.22. The molecular formula is C16H32O. The van der Waals surface area contributed by atoms with Gasteiger partial charge in [-0.25, -0.2) is 0 Å². The van der Waals surface area contributed by atoms with E-state index in [4.69, 9.17) is 4.74 Å². The molecule has 1 heteroatoms. The summed E-state index contributed by atoms with van der Waals surface area (Å²) in [6, 6.07) is 0. The predicted octanol–water partition coefficient (Wildman–Crippen LogP) is 5.04. The molecule has 0 saturated heterocycles. The third kappa shape index (κ3) is 4.99. The van der Waals surface area contributed by atoms with Crippen molar-refractivity contribution in [2.45, 2.75) is 85.4 Å². The minimum absolute atomic E-state index is 0.0275. The number of ether oxygens (including phenoxy) is 1. The van der Waals surface area contributed by atoms with Crippen molar-refractivity contribution in [1.82, 2.24) is 0 Å². The van der Waals surface area contributed by atoms with Gasteiger partial charge < -0.3 is 4.74 Å². The smallest absolute Gasteiger partial charge is 0.0602 e. The van der Waals surface area contributed by atoms with Crippen LogP contribution in [0.1, 0.15) is 73.6 Å². The van der Waals surface area contributed by atoms with Gasteiger partial charge in [0.05, 0.1) is 11.7 Å². The first-order valence-electron chi connectivity index (χ1n) is 7.51. The molecule has 0 aromatic heterocycles. The first kappa shape index (κ1) is 15.0. The molecule has 1 atom stereocenters.